The van der Waals surface area contributed by atoms with Crippen LogP contribution in [0.5, 0.6) is 11.5 Å². The summed E-state index contributed by atoms with van der Waals surface area (Å²) in [5, 5.41) is 0.804. The fourth-order valence-corrected chi connectivity index (χ4v) is 3.17. The zero-order chi connectivity index (χ0) is 21.5. The Bertz CT molecular complexity index is 1120. The van der Waals surface area contributed by atoms with Crippen molar-refractivity contribution in [3.8, 4) is 11.5 Å². The molecule has 1 aromatic heterocycles. The minimum atomic E-state index is -0.433. The van der Waals surface area contributed by atoms with Crippen LogP contribution in [0.3, 0.4) is 0 Å². The van der Waals surface area contributed by atoms with Crippen molar-refractivity contribution in [1.82, 2.24) is 0 Å². The van der Waals surface area contributed by atoms with E-state index in [2.05, 4.69) is 0 Å². The highest BCUT2D eigenvalue weighted by atomic mass is 16.6. The number of ether oxygens (including phenoxy) is 2. The van der Waals surface area contributed by atoms with Crippen LogP contribution in [-0.2, 0) is 4.79 Å². The summed E-state index contributed by atoms with van der Waals surface area (Å²) < 4.78 is 16.2. The number of hydrogen-bond acceptors (Lipinski definition) is 6. The predicted octanol–water partition coefficient (Wildman–Crippen LogP) is 5.22. The van der Waals surface area contributed by atoms with Gasteiger partial charge in [0, 0.05) is 36.7 Å². The topological polar surface area (TPSA) is 69.0 Å². The monoisotopic (exact) mass is 407 g/mol. The van der Waals surface area contributed by atoms with E-state index in [1.54, 1.807) is 18.2 Å². The molecule has 0 saturated carbocycles. The number of methoxy groups -OCH3 is 1. The molecular formula is C24H25NO5. The summed E-state index contributed by atoms with van der Waals surface area (Å²) in [6.07, 6.45) is 5.84. The number of carbonyl (C=O) groups excluding carboxylic acids is 1. The molecule has 0 atom stereocenters. The maximum atomic E-state index is 12.2. The Kier molecular flexibility index (Phi) is 6.91. The standard InChI is InChI=1S/C24H25NO5/c1-4-5-6-7-12-23(26)30-22-15-17(13-14-21(22)28-3)25(2)19-16-24(27)29-20-11-9-8-10-18(19)20/h4-5,8-11,13-16H,6-7,12H2,1-3H3/b5-4+. The third kappa shape index (κ3) is 4.89. The van der Waals surface area contributed by atoms with Crippen LogP contribution in [0.1, 0.15) is 26.2 Å². The molecule has 0 aliphatic heterocycles. The minimum Gasteiger partial charge on any atom is -0.493 e. The Hall–Kier alpha value is -3.54. The van der Waals surface area contributed by atoms with Gasteiger partial charge >= 0.3 is 11.6 Å². The lowest BCUT2D eigenvalue weighted by Gasteiger charge is -2.22. The molecule has 30 heavy (non-hydrogen) atoms. The third-order valence-corrected chi connectivity index (χ3v) is 4.74. The van der Waals surface area contributed by atoms with Crippen molar-refractivity contribution >= 4 is 28.3 Å². The fraction of sp³-hybridized carbons (Fsp3) is 0.250. The number of fused-ring (bicyclic) bond motifs is 1. The molecule has 1 heterocycles. The first-order valence-electron chi connectivity index (χ1n) is 9.80. The van der Waals surface area contributed by atoms with Crippen molar-refractivity contribution in [2.24, 2.45) is 0 Å². The van der Waals surface area contributed by atoms with Crippen LogP contribution >= 0.6 is 0 Å². The van der Waals surface area contributed by atoms with Crippen LogP contribution in [0, 0.1) is 0 Å². The van der Waals surface area contributed by atoms with Gasteiger partial charge in [0.05, 0.1) is 12.8 Å². The maximum absolute atomic E-state index is 12.2. The second-order valence-corrected chi connectivity index (χ2v) is 6.78. The maximum Gasteiger partial charge on any atom is 0.338 e. The number of nitrogens with zero attached hydrogens (tertiary/aromatic N) is 1. The summed E-state index contributed by atoms with van der Waals surface area (Å²) in [5.74, 6) is 0.486. The van der Waals surface area contributed by atoms with E-state index in [4.69, 9.17) is 13.9 Å². The molecule has 0 spiro atoms. The molecule has 0 aliphatic rings. The predicted molar refractivity (Wildman–Crippen MR) is 118 cm³/mol. The summed E-state index contributed by atoms with van der Waals surface area (Å²) in [4.78, 5) is 26.1. The lowest BCUT2D eigenvalue weighted by molar-refractivity contribution is -0.134. The Morgan fingerprint density at radius 2 is 1.93 bits per heavy atom. The normalized spacial score (nSPS) is 11.0. The van der Waals surface area contributed by atoms with E-state index in [0.717, 1.165) is 23.9 Å². The molecule has 0 unspecified atom stereocenters. The first kappa shape index (κ1) is 21.2. The number of hydrogen-bond donors (Lipinski definition) is 0. The number of carbonyl (C=O) groups is 1. The molecule has 0 saturated heterocycles. The van der Waals surface area contributed by atoms with Crippen LogP contribution in [0.4, 0.5) is 11.4 Å². The number of esters is 1. The number of anilines is 2. The summed E-state index contributed by atoms with van der Waals surface area (Å²) in [7, 11) is 3.36. The van der Waals surface area contributed by atoms with E-state index in [1.165, 1.54) is 13.2 Å². The minimum absolute atomic E-state index is 0.316. The van der Waals surface area contributed by atoms with Gasteiger partial charge in [-0.25, -0.2) is 4.79 Å². The third-order valence-electron chi connectivity index (χ3n) is 4.74. The van der Waals surface area contributed by atoms with E-state index in [1.807, 2.05) is 55.3 Å². The SMILES string of the molecule is C/C=C/CCCC(=O)Oc1cc(N(C)c2cc(=O)oc3ccccc23)ccc1OC. The van der Waals surface area contributed by atoms with E-state index in [-0.39, 0.29) is 5.97 Å². The zero-order valence-corrected chi connectivity index (χ0v) is 17.4. The second kappa shape index (κ2) is 9.78. The molecule has 0 radical (unpaired) electrons. The van der Waals surface area contributed by atoms with E-state index in [0.29, 0.717) is 29.2 Å². The molecule has 3 aromatic rings. The Labute approximate surface area is 175 Å². The number of rotatable bonds is 8. The average Bonchev–Trinajstić information content (AvgIpc) is 2.75. The van der Waals surface area contributed by atoms with E-state index >= 15 is 0 Å². The first-order chi connectivity index (χ1) is 14.5. The molecule has 0 aliphatic carbocycles. The summed E-state index contributed by atoms with van der Waals surface area (Å²) in [6, 6.07) is 14.1. The molecule has 0 N–H and O–H groups in total. The number of allylic oxidation sites excluding steroid dienone is 2. The Morgan fingerprint density at radius 3 is 2.70 bits per heavy atom. The molecule has 0 fully saturated rings. The van der Waals surface area contributed by atoms with Crippen molar-refractivity contribution in [1.29, 1.82) is 0 Å². The second-order valence-electron chi connectivity index (χ2n) is 6.78. The highest BCUT2D eigenvalue weighted by Crippen LogP contribution is 2.36. The average molecular weight is 407 g/mol. The summed E-state index contributed by atoms with van der Waals surface area (Å²) in [5.41, 5.74) is 1.50. The highest BCUT2D eigenvalue weighted by molar-refractivity contribution is 5.92. The van der Waals surface area contributed by atoms with E-state index in [9.17, 15) is 9.59 Å². The summed E-state index contributed by atoms with van der Waals surface area (Å²) >= 11 is 0. The Morgan fingerprint density at radius 1 is 1.13 bits per heavy atom. The molecule has 156 valence electrons. The summed E-state index contributed by atoms with van der Waals surface area (Å²) in [6.45, 7) is 1.95. The van der Waals surface area contributed by atoms with Crippen LogP contribution < -0.4 is 20.0 Å². The molecule has 0 bridgehead atoms. The van der Waals surface area contributed by atoms with Crippen LogP contribution in [0.15, 0.2) is 69.9 Å². The van der Waals surface area contributed by atoms with Gasteiger partial charge in [-0.2, -0.15) is 0 Å². The van der Waals surface area contributed by atoms with Crippen molar-refractivity contribution in [2.75, 3.05) is 19.1 Å². The fourth-order valence-electron chi connectivity index (χ4n) is 3.17. The first-order valence-corrected chi connectivity index (χ1v) is 9.80. The van der Waals surface area contributed by atoms with Gasteiger partial charge in [-0.05, 0) is 44.0 Å². The van der Waals surface area contributed by atoms with Crippen molar-refractivity contribution in [3.63, 3.8) is 0 Å². The van der Waals surface area contributed by atoms with Gasteiger partial charge in [0.1, 0.15) is 5.58 Å². The Balaban J connectivity index is 1.89. The van der Waals surface area contributed by atoms with Crippen molar-refractivity contribution in [2.45, 2.75) is 26.2 Å². The van der Waals surface area contributed by atoms with Gasteiger partial charge in [-0.1, -0.05) is 24.3 Å². The van der Waals surface area contributed by atoms with E-state index < -0.39 is 5.63 Å². The van der Waals surface area contributed by atoms with Gasteiger partial charge in [-0.15, -0.1) is 0 Å². The van der Waals surface area contributed by atoms with Crippen molar-refractivity contribution < 1.29 is 18.7 Å². The van der Waals surface area contributed by atoms with Gasteiger partial charge in [0.2, 0.25) is 0 Å². The molecule has 3 rings (SSSR count). The highest BCUT2D eigenvalue weighted by Gasteiger charge is 2.16. The van der Waals surface area contributed by atoms with Gasteiger partial charge < -0.3 is 18.8 Å². The molecule has 6 heteroatoms. The van der Waals surface area contributed by atoms with Gasteiger partial charge in [0.25, 0.3) is 0 Å². The number of unbranched alkanes of at least 4 members (excludes halogenated alkanes) is 1. The molecule has 2 aromatic carbocycles. The zero-order valence-electron chi connectivity index (χ0n) is 17.4. The van der Waals surface area contributed by atoms with Gasteiger partial charge in [0.15, 0.2) is 11.5 Å². The van der Waals surface area contributed by atoms with Crippen molar-refractivity contribution in [3.05, 3.63) is 71.1 Å². The largest absolute Gasteiger partial charge is 0.493 e. The van der Waals surface area contributed by atoms with Gasteiger partial charge in [-0.3, -0.25) is 4.79 Å². The molecule has 0 amide bonds. The van der Waals surface area contributed by atoms with Crippen LogP contribution in [0.2, 0.25) is 0 Å². The molecule has 6 nitrogen and oxygen atoms in total. The lowest BCUT2D eigenvalue weighted by atomic mass is 10.1. The number of benzene rings is 2. The molecular weight excluding hydrogens is 382 g/mol. The quantitative estimate of drug-likeness (QED) is 0.168. The van der Waals surface area contributed by atoms with Crippen LogP contribution in [-0.4, -0.2) is 20.1 Å². The van der Waals surface area contributed by atoms with Crippen LogP contribution in [0.25, 0.3) is 11.0 Å². The lowest BCUT2D eigenvalue weighted by Crippen LogP contribution is -2.14. The number of para-hydroxylation sites is 1. The smallest absolute Gasteiger partial charge is 0.338 e.